The number of aromatic nitrogens is 3. The largest absolute Gasteiger partial charge is 0.495 e. The summed E-state index contributed by atoms with van der Waals surface area (Å²) in [6.07, 6.45) is 1.83. The third kappa shape index (κ3) is 5.14. The molecule has 2 aromatic heterocycles. The maximum atomic E-state index is 6.34. The van der Waals surface area contributed by atoms with Crippen LogP contribution in [0.3, 0.4) is 0 Å². The predicted octanol–water partition coefficient (Wildman–Crippen LogP) is 7.99. The Bertz CT molecular complexity index is 1850. The Balaban J connectivity index is 1.22. The summed E-state index contributed by atoms with van der Waals surface area (Å²) in [4.78, 5) is 14.6. The molecule has 43 heavy (non-hydrogen) atoms. The van der Waals surface area contributed by atoms with Crippen LogP contribution in [0.25, 0.3) is 55.9 Å². The summed E-state index contributed by atoms with van der Waals surface area (Å²) in [5.74, 6) is 0.694. The molecule has 0 bridgehead atoms. The van der Waals surface area contributed by atoms with Gasteiger partial charge in [-0.1, -0.05) is 97.1 Å². The number of rotatable bonds is 5. The molecule has 5 nitrogen and oxygen atoms in total. The molecule has 4 aromatic carbocycles. The second-order valence-corrected chi connectivity index (χ2v) is 12.0. The van der Waals surface area contributed by atoms with Gasteiger partial charge in [0.25, 0.3) is 0 Å². The second kappa shape index (κ2) is 10.6. The van der Waals surface area contributed by atoms with E-state index in [9.17, 15) is 0 Å². The van der Waals surface area contributed by atoms with Crippen molar-refractivity contribution in [2.45, 2.75) is 38.9 Å². The number of hydrogen-bond acceptors (Lipinski definition) is 5. The van der Waals surface area contributed by atoms with Crippen LogP contribution >= 0.6 is 0 Å². The van der Waals surface area contributed by atoms with Crippen LogP contribution in [0.4, 0.5) is 0 Å². The summed E-state index contributed by atoms with van der Waals surface area (Å²) in [7, 11) is -0.437. The lowest BCUT2D eigenvalue weighted by Gasteiger charge is -2.32. The zero-order valence-electron chi connectivity index (χ0n) is 24.8. The van der Waals surface area contributed by atoms with Gasteiger partial charge >= 0.3 is 7.12 Å². The van der Waals surface area contributed by atoms with E-state index in [2.05, 4.69) is 105 Å². The Kier molecular flexibility index (Phi) is 6.68. The third-order valence-corrected chi connectivity index (χ3v) is 8.63. The van der Waals surface area contributed by atoms with Crippen LogP contribution in [0.2, 0.25) is 0 Å². The van der Waals surface area contributed by atoms with E-state index in [1.165, 1.54) is 0 Å². The van der Waals surface area contributed by atoms with Crippen molar-refractivity contribution >= 4 is 23.5 Å². The van der Waals surface area contributed by atoms with E-state index in [4.69, 9.17) is 19.3 Å². The summed E-state index contributed by atoms with van der Waals surface area (Å²) in [5, 5.41) is 1.03. The number of pyridine rings is 1. The molecule has 0 aliphatic carbocycles. The van der Waals surface area contributed by atoms with Crippen molar-refractivity contribution in [1.29, 1.82) is 0 Å². The monoisotopic (exact) mass is 561 g/mol. The lowest BCUT2D eigenvalue weighted by molar-refractivity contribution is 0.00578. The number of fused-ring (bicyclic) bond motifs is 1. The number of hydrogen-bond donors (Lipinski definition) is 0. The van der Waals surface area contributed by atoms with E-state index in [-0.39, 0.29) is 0 Å². The van der Waals surface area contributed by atoms with Crippen LogP contribution in [0.1, 0.15) is 27.7 Å². The smallest absolute Gasteiger partial charge is 0.399 e. The molecule has 1 aliphatic rings. The van der Waals surface area contributed by atoms with Gasteiger partial charge < -0.3 is 9.31 Å². The zero-order chi connectivity index (χ0) is 29.6. The van der Waals surface area contributed by atoms with Gasteiger partial charge in [-0.2, -0.15) is 0 Å². The first-order valence-electron chi connectivity index (χ1n) is 14.6. The Morgan fingerprint density at radius 1 is 0.535 bits per heavy atom. The molecule has 6 heteroatoms. The average Bonchev–Trinajstić information content (AvgIpc) is 3.27. The highest BCUT2D eigenvalue weighted by molar-refractivity contribution is 6.65. The summed E-state index contributed by atoms with van der Waals surface area (Å²) < 4.78 is 12.7. The minimum absolute atomic E-state index is 0.402. The second-order valence-electron chi connectivity index (χ2n) is 12.0. The van der Waals surface area contributed by atoms with E-state index >= 15 is 0 Å². The van der Waals surface area contributed by atoms with E-state index in [1.807, 2.05) is 48.7 Å². The first-order chi connectivity index (χ1) is 20.8. The van der Waals surface area contributed by atoms with Crippen LogP contribution in [0.15, 0.2) is 121 Å². The SMILES string of the molecule is CC1(C)OB(c2ccnc3cc(-c4ccc(-c5nc(-c6ccccc6)cc(-c6ccccc6)n5)cc4)ccc23)OC1(C)C. The zero-order valence-corrected chi connectivity index (χ0v) is 24.8. The number of benzene rings is 4. The third-order valence-electron chi connectivity index (χ3n) is 8.63. The molecule has 3 heterocycles. The molecular formula is C37H32BN3O2. The average molecular weight is 561 g/mol. The van der Waals surface area contributed by atoms with Gasteiger partial charge in [-0.25, -0.2) is 9.97 Å². The van der Waals surface area contributed by atoms with E-state index in [1.54, 1.807) is 0 Å². The standard InChI is InChI=1S/C37H32BN3O2/c1-36(2)37(3,4)43-38(42-36)31-21-22-39-34-23-29(19-20-30(31)34)25-15-17-28(18-16-25)35-40-32(26-11-7-5-8-12-26)24-33(41-35)27-13-9-6-10-14-27/h5-24H,1-4H3. The topological polar surface area (TPSA) is 57.1 Å². The van der Waals surface area contributed by atoms with Crippen molar-refractivity contribution in [3.05, 3.63) is 121 Å². The van der Waals surface area contributed by atoms with Crippen LogP contribution in [0.5, 0.6) is 0 Å². The van der Waals surface area contributed by atoms with Crippen molar-refractivity contribution in [3.8, 4) is 45.0 Å². The van der Waals surface area contributed by atoms with Crippen LogP contribution in [0, 0.1) is 0 Å². The maximum Gasteiger partial charge on any atom is 0.495 e. The fourth-order valence-corrected chi connectivity index (χ4v) is 5.43. The highest BCUT2D eigenvalue weighted by Gasteiger charge is 2.52. The molecule has 210 valence electrons. The van der Waals surface area contributed by atoms with E-state index < -0.39 is 18.3 Å². The summed E-state index contributed by atoms with van der Waals surface area (Å²) in [6.45, 7) is 8.29. The predicted molar refractivity (Wildman–Crippen MR) is 175 cm³/mol. The van der Waals surface area contributed by atoms with Crippen molar-refractivity contribution < 1.29 is 9.31 Å². The summed E-state index contributed by atoms with van der Waals surface area (Å²) >= 11 is 0. The van der Waals surface area contributed by atoms with Gasteiger partial charge in [0.2, 0.25) is 0 Å². The first-order valence-corrected chi connectivity index (χ1v) is 14.6. The van der Waals surface area contributed by atoms with Crippen molar-refractivity contribution in [1.82, 2.24) is 15.0 Å². The summed E-state index contributed by atoms with van der Waals surface area (Å²) in [5.41, 5.74) is 8.14. The molecule has 0 radical (unpaired) electrons. The highest BCUT2D eigenvalue weighted by Crippen LogP contribution is 2.37. The fraction of sp³-hybridized carbons (Fsp3) is 0.162. The molecule has 1 fully saturated rings. The molecule has 1 saturated heterocycles. The van der Waals surface area contributed by atoms with Crippen molar-refractivity contribution in [2.75, 3.05) is 0 Å². The first kappa shape index (κ1) is 27.2. The molecule has 0 unspecified atom stereocenters. The molecule has 0 N–H and O–H groups in total. The molecule has 0 atom stereocenters. The Morgan fingerprint density at radius 3 is 1.65 bits per heavy atom. The number of nitrogens with zero attached hydrogens (tertiary/aromatic N) is 3. The molecule has 0 spiro atoms. The Hall–Kier alpha value is -4.65. The van der Waals surface area contributed by atoms with Gasteiger partial charge in [0, 0.05) is 22.9 Å². The molecule has 0 amide bonds. The normalized spacial score (nSPS) is 15.6. The van der Waals surface area contributed by atoms with Gasteiger partial charge in [-0.05, 0) is 67.9 Å². The van der Waals surface area contributed by atoms with E-state index in [0.29, 0.717) is 5.82 Å². The van der Waals surface area contributed by atoms with Crippen LogP contribution in [-0.4, -0.2) is 33.3 Å². The fourth-order valence-electron chi connectivity index (χ4n) is 5.43. The quantitative estimate of drug-likeness (QED) is 0.200. The van der Waals surface area contributed by atoms with Gasteiger partial charge in [0.15, 0.2) is 5.82 Å². The van der Waals surface area contributed by atoms with Gasteiger partial charge in [0.05, 0.1) is 28.1 Å². The lowest BCUT2D eigenvalue weighted by atomic mass is 9.77. The van der Waals surface area contributed by atoms with E-state index in [0.717, 1.165) is 55.6 Å². The molecular weight excluding hydrogens is 529 g/mol. The summed E-state index contributed by atoms with van der Waals surface area (Å²) in [6, 6.07) is 39.3. The van der Waals surface area contributed by atoms with Crippen molar-refractivity contribution in [3.63, 3.8) is 0 Å². The van der Waals surface area contributed by atoms with Crippen LogP contribution in [-0.2, 0) is 9.31 Å². The Labute approximate surface area is 252 Å². The van der Waals surface area contributed by atoms with Gasteiger partial charge in [-0.15, -0.1) is 0 Å². The highest BCUT2D eigenvalue weighted by atomic mass is 16.7. The lowest BCUT2D eigenvalue weighted by Crippen LogP contribution is -2.41. The Morgan fingerprint density at radius 2 is 1.07 bits per heavy atom. The molecule has 0 saturated carbocycles. The van der Waals surface area contributed by atoms with Crippen LogP contribution < -0.4 is 5.46 Å². The maximum absolute atomic E-state index is 6.34. The minimum Gasteiger partial charge on any atom is -0.399 e. The molecule has 7 rings (SSSR count). The van der Waals surface area contributed by atoms with Gasteiger partial charge in [-0.3, -0.25) is 4.98 Å². The minimum atomic E-state index is -0.437. The molecule has 1 aliphatic heterocycles. The molecule has 6 aromatic rings. The van der Waals surface area contributed by atoms with Gasteiger partial charge in [0.1, 0.15) is 0 Å². The van der Waals surface area contributed by atoms with Crippen molar-refractivity contribution in [2.24, 2.45) is 0 Å².